The van der Waals surface area contributed by atoms with Crippen LogP contribution < -0.4 is 0 Å². The summed E-state index contributed by atoms with van der Waals surface area (Å²) in [5, 5.41) is 7.66. The first-order valence-electron chi connectivity index (χ1n) is 5.34. The fraction of sp³-hybridized carbons (Fsp3) is 0.167. The molecule has 0 bridgehead atoms. The van der Waals surface area contributed by atoms with Crippen LogP contribution in [0.25, 0.3) is 0 Å². The molecule has 0 fully saturated rings. The van der Waals surface area contributed by atoms with Crippen molar-refractivity contribution in [2.75, 3.05) is 5.75 Å². The Morgan fingerprint density at radius 3 is 2.68 bits per heavy atom. The molecule has 0 radical (unpaired) electrons. The van der Waals surface area contributed by atoms with E-state index in [9.17, 15) is 8.42 Å². The second-order valence-electron chi connectivity index (χ2n) is 3.72. The molecule has 19 heavy (non-hydrogen) atoms. The van der Waals surface area contributed by atoms with Crippen LogP contribution in [0.2, 0.25) is 0 Å². The summed E-state index contributed by atoms with van der Waals surface area (Å²) >= 11 is 1.15. The van der Waals surface area contributed by atoms with Crippen LogP contribution in [0.4, 0.5) is 0 Å². The Bertz CT molecular complexity index is 712. The quantitative estimate of drug-likeness (QED) is 0.632. The average Bonchev–Trinajstić information content (AvgIpc) is 2.86. The van der Waals surface area contributed by atoms with Gasteiger partial charge in [-0.2, -0.15) is 3.97 Å². The predicted molar refractivity (Wildman–Crippen MR) is 73.3 cm³/mol. The van der Waals surface area contributed by atoms with Crippen molar-refractivity contribution in [3.8, 4) is 12.3 Å². The molecule has 0 aliphatic rings. The molecule has 7 heteroatoms. The maximum atomic E-state index is 12.4. The zero-order chi connectivity index (χ0) is 13.9. The topological polar surface area (TPSA) is 64.8 Å². The fourth-order valence-corrected chi connectivity index (χ4v) is 3.46. The highest BCUT2D eigenvalue weighted by molar-refractivity contribution is 8.00. The predicted octanol–water partition coefficient (Wildman–Crippen LogP) is 1.55. The maximum Gasteiger partial charge on any atom is 0.271 e. The maximum absolute atomic E-state index is 12.4. The molecular weight excluding hydrogens is 282 g/mol. The second kappa shape index (κ2) is 5.47. The lowest BCUT2D eigenvalue weighted by Gasteiger charge is -2.07. The Balaban J connectivity index is 2.43. The lowest BCUT2D eigenvalue weighted by atomic mass is 10.2. The third-order valence-electron chi connectivity index (χ3n) is 2.35. The average molecular weight is 293 g/mol. The van der Waals surface area contributed by atoms with Gasteiger partial charge in [-0.05, 0) is 19.1 Å². The number of thioether (sulfide) groups is 1. The van der Waals surface area contributed by atoms with E-state index in [0.29, 0.717) is 5.75 Å². The monoisotopic (exact) mass is 293 g/mol. The highest BCUT2D eigenvalue weighted by Crippen LogP contribution is 2.21. The lowest BCUT2D eigenvalue weighted by molar-refractivity contribution is 0.582. The summed E-state index contributed by atoms with van der Waals surface area (Å²) in [7, 11) is -3.67. The van der Waals surface area contributed by atoms with E-state index in [4.69, 9.17) is 6.42 Å². The molecule has 0 aliphatic heterocycles. The summed E-state index contributed by atoms with van der Waals surface area (Å²) < 4.78 is 25.9. The van der Waals surface area contributed by atoms with Gasteiger partial charge in [0.1, 0.15) is 6.33 Å². The van der Waals surface area contributed by atoms with Gasteiger partial charge in [-0.1, -0.05) is 35.4 Å². The molecular formula is C12H11N3O2S2. The van der Waals surface area contributed by atoms with Crippen LogP contribution in [0.3, 0.4) is 0 Å². The Kier molecular flexibility index (Phi) is 3.93. The van der Waals surface area contributed by atoms with Crippen molar-refractivity contribution in [3.63, 3.8) is 0 Å². The number of benzene rings is 1. The minimum absolute atomic E-state index is 0.195. The van der Waals surface area contributed by atoms with E-state index >= 15 is 0 Å². The molecule has 2 rings (SSSR count). The van der Waals surface area contributed by atoms with E-state index in [-0.39, 0.29) is 10.1 Å². The van der Waals surface area contributed by atoms with Gasteiger partial charge < -0.3 is 0 Å². The summed E-state index contributed by atoms with van der Waals surface area (Å²) in [6, 6.07) is 6.59. The minimum atomic E-state index is -3.67. The van der Waals surface area contributed by atoms with Crippen molar-refractivity contribution in [1.82, 2.24) is 14.2 Å². The Morgan fingerprint density at radius 1 is 1.37 bits per heavy atom. The second-order valence-corrected chi connectivity index (χ2v) is 6.48. The largest absolute Gasteiger partial charge is 0.271 e. The number of aryl methyl sites for hydroxylation is 1. The van der Waals surface area contributed by atoms with Gasteiger partial charge in [-0.3, -0.25) is 0 Å². The van der Waals surface area contributed by atoms with Crippen molar-refractivity contribution < 1.29 is 8.42 Å². The van der Waals surface area contributed by atoms with Gasteiger partial charge in [0.25, 0.3) is 10.0 Å². The van der Waals surface area contributed by atoms with Crippen molar-refractivity contribution in [2.24, 2.45) is 0 Å². The highest BCUT2D eigenvalue weighted by Gasteiger charge is 2.20. The van der Waals surface area contributed by atoms with Crippen LogP contribution in [-0.2, 0) is 10.0 Å². The van der Waals surface area contributed by atoms with Gasteiger partial charge in [0.15, 0.2) is 0 Å². The minimum Gasteiger partial charge on any atom is -0.201 e. The first kappa shape index (κ1) is 13.6. The van der Waals surface area contributed by atoms with Crippen molar-refractivity contribution in [1.29, 1.82) is 0 Å². The SMILES string of the molecule is C#CCSc1nncn1S(=O)(=O)c1ccc(C)cc1. The van der Waals surface area contributed by atoms with Gasteiger partial charge in [0, 0.05) is 0 Å². The zero-order valence-electron chi connectivity index (χ0n) is 10.1. The van der Waals surface area contributed by atoms with Crippen LogP contribution in [-0.4, -0.2) is 28.3 Å². The molecule has 98 valence electrons. The summed E-state index contributed by atoms with van der Waals surface area (Å²) in [6.45, 7) is 1.89. The molecule has 0 amide bonds. The molecule has 0 unspecified atom stereocenters. The molecule has 1 heterocycles. The van der Waals surface area contributed by atoms with Gasteiger partial charge >= 0.3 is 0 Å². The van der Waals surface area contributed by atoms with E-state index in [1.165, 1.54) is 6.33 Å². The fourth-order valence-electron chi connectivity index (χ4n) is 1.40. The van der Waals surface area contributed by atoms with E-state index in [0.717, 1.165) is 21.3 Å². The first-order chi connectivity index (χ1) is 9.05. The number of terminal acetylenes is 1. The van der Waals surface area contributed by atoms with Crippen molar-refractivity contribution in [2.45, 2.75) is 17.0 Å². The van der Waals surface area contributed by atoms with Gasteiger partial charge in [-0.15, -0.1) is 16.6 Å². The Labute approximate surface area is 116 Å². The molecule has 0 saturated carbocycles. The zero-order valence-corrected chi connectivity index (χ0v) is 11.8. The van der Waals surface area contributed by atoms with Gasteiger partial charge in [0.2, 0.25) is 5.16 Å². The smallest absolute Gasteiger partial charge is 0.201 e. The normalized spacial score (nSPS) is 11.2. The molecule has 5 nitrogen and oxygen atoms in total. The van der Waals surface area contributed by atoms with Gasteiger partial charge in [-0.25, -0.2) is 8.42 Å². The molecule has 0 aliphatic carbocycles. The molecule has 0 atom stereocenters. The van der Waals surface area contributed by atoms with Crippen molar-refractivity contribution in [3.05, 3.63) is 36.2 Å². The standard InChI is InChI=1S/C12H11N3O2S2/c1-3-8-18-12-14-13-9-15(12)19(16,17)11-6-4-10(2)5-7-11/h1,4-7,9H,8H2,2H3. The van der Waals surface area contributed by atoms with Crippen LogP contribution in [0, 0.1) is 19.3 Å². The third-order valence-corrected chi connectivity index (χ3v) is 4.97. The summed E-state index contributed by atoms with van der Waals surface area (Å²) in [5.41, 5.74) is 0.990. The van der Waals surface area contributed by atoms with Crippen LogP contribution in [0.5, 0.6) is 0 Å². The number of nitrogens with zero attached hydrogens (tertiary/aromatic N) is 3. The molecule has 0 saturated heterocycles. The summed E-state index contributed by atoms with van der Waals surface area (Å²) in [4.78, 5) is 0.195. The first-order valence-corrected chi connectivity index (χ1v) is 7.77. The summed E-state index contributed by atoms with van der Waals surface area (Å²) in [6.07, 6.45) is 6.33. The van der Waals surface area contributed by atoms with E-state index in [1.807, 2.05) is 6.92 Å². The van der Waals surface area contributed by atoms with Crippen LogP contribution in [0.15, 0.2) is 40.6 Å². The Hall–Kier alpha value is -1.78. The third kappa shape index (κ3) is 2.80. The summed E-state index contributed by atoms with van der Waals surface area (Å²) in [5.74, 6) is 2.75. The number of hydrogen-bond acceptors (Lipinski definition) is 5. The highest BCUT2D eigenvalue weighted by atomic mass is 32.2. The van der Waals surface area contributed by atoms with E-state index in [2.05, 4.69) is 16.1 Å². The Morgan fingerprint density at radius 2 is 2.05 bits per heavy atom. The number of hydrogen-bond donors (Lipinski definition) is 0. The molecule has 0 spiro atoms. The van der Waals surface area contributed by atoms with Gasteiger partial charge in [0.05, 0.1) is 10.6 Å². The van der Waals surface area contributed by atoms with Crippen molar-refractivity contribution >= 4 is 21.8 Å². The lowest BCUT2D eigenvalue weighted by Crippen LogP contribution is -2.13. The molecule has 1 aromatic carbocycles. The number of aromatic nitrogens is 3. The van der Waals surface area contributed by atoms with Crippen LogP contribution >= 0.6 is 11.8 Å². The molecule has 2 aromatic rings. The number of rotatable bonds is 4. The van der Waals surface area contributed by atoms with Crippen LogP contribution in [0.1, 0.15) is 5.56 Å². The molecule has 0 N–H and O–H groups in total. The van der Waals surface area contributed by atoms with E-state index < -0.39 is 10.0 Å². The van der Waals surface area contributed by atoms with E-state index in [1.54, 1.807) is 24.3 Å². The molecule has 1 aromatic heterocycles.